The van der Waals surface area contributed by atoms with Crippen molar-refractivity contribution in [2.75, 3.05) is 0 Å². The Kier molecular flexibility index (Phi) is 10.1. The minimum atomic E-state index is 0.884. The van der Waals surface area contributed by atoms with Crippen LogP contribution in [0.1, 0.15) is 0 Å². The van der Waals surface area contributed by atoms with E-state index in [0.29, 0.717) is 0 Å². The van der Waals surface area contributed by atoms with Crippen LogP contribution in [0, 0.1) is 0 Å². The third-order valence-corrected chi connectivity index (χ3v) is 18.0. The number of fused-ring (bicyclic) bond motifs is 13. The Morgan fingerprint density at radius 1 is 0.167 bits per heavy atom. The number of hydrogen-bond acceptors (Lipinski definition) is 2. The molecule has 18 aromatic rings. The van der Waals surface area contributed by atoms with Crippen LogP contribution in [0.5, 0.6) is 0 Å². The standard InChI is InChI=1S/C82H48O2/c1-2-16-52-44-58(39-33-49(52)15-1)80-66-23-7-9-25-68(66)81(69-26-10-8-24-67(69)80)71-29-14-28-70-74-48-72-56(47-77(74)84-82(70)71)17-13-27-60(72)57-38-36-54-45-59(40-37-53(54)43-57)79-64-21-5-3-19-62(64)78(63-20-4-6-22-65(63)79)51-34-31-50(32-35-51)55-41-42-76-73(46-55)61-18-11-12-30-75(61)83-76/h1-48H. The number of furan rings is 2. The van der Waals surface area contributed by atoms with Gasteiger partial charge in [-0.05, 0) is 180 Å². The molecule has 0 atom stereocenters. The zero-order valence-corrected chi connectivity index (χ0v) is 45.5. The predicted octanol–water partition coefficient (Wildman–Crippen LogP) is 23.6. The van der Waals surface area contributed by atoms with E-state index < -0.39 is 0 Å². The van der Waals surface area contributed by atoms with Crippen molar-refractivity contribution < 1.29 is 8.83 Å². The second-order valence-electron chi connectivity index (χ2n) is 22.6. The summed E-state index contributed by atoms with van der Waals surface area (Å²) in [6.07, 6.45) is 0. The lowest BCUT2D eigenvalue weighted by Crippen LogP contribution is -1.91. The Balaban J connectivity index is 0.722. The summed E-state index contributed by atoms with van der Waals surface area (Å²) in [5.41, 5.74) is 18.0. The van der Waals surface area contributed by atoms with E-state index in [9.17, 15) is 0 Å². The van der Waals surface area contributed by atoms with Crippen molar-refractivity contribution in [2.24, 2.45) is 0 Å². The van der Waals surface area contributed by atoms with Gasteiger partial charge in [-0.3, -0.25) is 0 Å². The summed E-state index contributed by atoms with van der Waals surface area (Å²) in [6, 6.07) is 107. The first kappa shape index (κ1) is 46.7. The molecule has 0 aliphatic heterocycles. The van der Waals surface area contributed by atoms with Gasteiger partial charge in [0.1, 0.15) is 22.3 Å². The van der Waals surface area contributed by atoms with Crippen LogP contribution in [0.15, 0.2) is 300 Å². The third-order valence-electron chi connectivity index (χ3n) is 18.0. The maximum absolute atomic E-state index is 7.08. The highest BCUT2D eigenvalue weighted by Crippen LogP contribution is 2.49. The van der Waals surface area contributed by atoms with Crippen LogP contribution < -0.4 is 0 Å². The first-order valence-electron chi connectivity index (χ1n) is 28.9. The molecule has 2 heteroatoms. The van der Waals surface area contributed by atoms with Gasteiger partial charge < -0.3 is 8.83 Å². The summed E-state index contributed by atoms with van der Waals surface area (Å²) in [5, 5.41) is 21.5. The molecule has 18 rings (SSSR count). The largest absolute Gasteiger partial charge is 0.456 e. The lowest BCUT2D eigenvalue weighted by Gasteiger charge is -2.18. The molecular formula is C82H48O2. The molecule has 0 spiro atoms. The molecule has 16 aromatic carbocycles. The van der Waals surface area contributed by atoms with Crippen LogP contribution in [0.2, 0.25) is 0 Å². The van der Waals surface area contributed by atoms with E-state index in [1.165, 1.54) is 131 Å². The average Bonchev–Trinajstić information content (AvgIpc) is 1.70. The van der Waals surface area contributed by atoms with Gasteiger partial charge in [0, 0.05) is 32.7 Å². The van der Waals surface area contributed by atoms with Gasteiger partial charge in [0.2, 0.25) is 0 Å². The SMILES string of the molecule is c1ccc2cc(-c3c4ccccc4c(-c4cccc5c4oc4cc6cccc(-c7ccc8cc(-c9c%10ccccc%10c(-c%10ccc(-c%11ccc%12oc%13ccccc%13c%12c%11)cc%10)c%10ccccc9%10)ccc8c7)c6cc45)c4ccccc34)ccc2c1. The normalized spacial score (nSPS) is 12.0. The Hall–Kier alpha value is -11.1. The highest BCUT2D eigenvalue weighted by atomic mass is 16.3. The van der Waals surface area contributed by atoms with E-state index >= 15 is 0 Å². The van der Waals surface area contributed by atoms with Crippen molar-refractivity contribution in [1.29, 1.82) is 0 Å². The topological polar surface area (TPSA) is 26.3 Å². The molecule has 0 fully saturated rings. The van der Waals surface area contributed by atoms with Crippen molar-refractivity contribution in [2.45, 2.75) is 0 Å². The minimum absolute atomic E-state index is 0.884. The van der Waals surface area contributed by atoms with E-state index in [2.05, 4.69) is 279 Å². The van der Waals surface area contributed by atoms with Gasteiger partial charge in [0.05, 0.1) is 0 Å². The number of para-hydroxylation sites is 2. The van der Waals surface area contributed by atoms with Gasteiger partial charge in [-0.15, -0.1) is 0 Å². The van der Waals surface area contributed by atoms with E-state index in [1.54, 1.807) is 0 Å². The second kappa shape index (κ2) is 18.2. The van der Waals surface area contributed by atoms with Gasteiger partial charge >= 0.3 is 0 Å². The third kappa shape index (κ3) is 7.11. The molecule has 0 N–H and O–H groups in total. The monoisotopic (exact) mass is 1060 g/mol. The van der Waals surface area contributed by atoms with Crippen molar-refractivity contribution in [1.82, 2.24) is 0 Å². The number of hydrogen-bond donors (Lipinski definition) is 0. The molecule has 0 saturated heterocycles. The Labute approximate surface area is 483 Å². The summed E-state index contributed by atoms with van der Waals surface area (Å²) in [6.45, 7) is 0. The van der Waals surface area contributed by atoms with Gasteiger partial charge in [-0.1, -0.05) is 243 Å². The summed E-state index contributed by atoms with van der Waals surface area (Å²) in [7, 11) is 0. The van der Waals surface area contributed by atoms with Gasteiger partial charge in [0.15, 0.2) is 0 Å². The van der Waals surface area contributed by atoms with Crippen molar-refractivity contribution in [3.8, 4) is 66.8 Å². The van der Waals surface area contributed by atoms with E-state index in [0.717, 1.165) is 54.8 Å². The number of benzene rings is 16. The molecule has 388 valence electrons. The fraction of sp³-hybridized carbons (Fsp3) is 0. The molecule has 2 aromatic heterocycles. The lowest BCUT2D eigenvalue weighted by atomic mass is 9.85. The number of rotatable bonds is 6. The van der Waals surface area contributed by atoms with Gasteiger partial charge in [0.25, 0.3) is 0 Å². The fourth-order valence-electron chi connectivity index (χ4n) is 14.1. The van der Waals surface area contributed by atoms with Crippen molar-refractivity contribution >= 4 is 119 Å². The summed E-state index contributed by atoms with van der Waals surface area (Å²) >= 11 is 0. The molecule has 0 aliphatic rings. The molecule has 0 bridgehead atoms. The molecule has 0 aliphatic carbocycles. The van der Waals surface area contributed by atoms with Crippen LogP contribution in [0.25, 0.3) is 186 Å². The molecule has 0 saturated carbocycles. The summed E-state index contributed by atoms with van der Waals surface area (Å²) in [5.74, 6) is 0. The zero-order chi connectivity index (χ0) is 55.0. The Morgan fingerprint density at radius 2 is 0.583 bits per heavy atom. The second-order valence-corrected chi connectivity index (χ2v) is 22.6. The molecule has 0 amide bonds. The molecule has 2 heterocycles. The summed E-state index contributed by atoms with van der Waals surface area (Å²) in [4.78, 5) is 0. The smallest absolute Gasteiger partial charge is 0.143 e. The molecule has 0 radical (unpaired) electrons. The molecular weight excluding hydrogens is 1020 g/mol. The Morgan fingerprint density at radius 3 is 1.23 bits per heavy atom. The van der Waals surface area contributed by atoms with E-state index in [1.807, 2.05) is 12.1 Å². The minimum Gasteiger partial charge on any atom is -0.456 e. The van der Waals surface area contributed by atoms with Crippen LogP contribution in [0.3, 0.4) is 0 Å². The van der Waals surface area contributed by atoms with Crippen LogP contribution >= 0.6 is 0 Å². The highest BCUT2D eigenvalue weighted by molar-refractivity contribution is 6.26. The molecule has 0 unspecified atom stereocenters. The highest BCUT2D eigenvalue weighted by Gasteiger charge is 2.23. The summed E-state index contributed by atoms with van der Waals surface area (Å²) < 4.78 is 13.2. The maximum atomic E-state index is 7.08. The fourth-order valence-corrected chi connectivity index (χ4v) is 14.1. The Bertz CT molecular complexity index is 5680. The van der Waals surface area contributed by atoms with Gasteiger partial charge in [-0.2, -0.15) is 0 Å². The van der Waals surface area contributed by atoms with E-state index in [-0.39, 0.29) is 0 Å². The predicted molar refractivity (Wildman–Crippen MR) is 356 cm³/mol. The first-order chi connectivity index (χ1) is 41.6. The van der Waals surface area contributed by atoms with Crippen LogP contribution in [-0.4, -0.2) is 0 Å². The molecule has 2 nitrogen and oxygen atoms in total. The van der Waals surface area contributed by atoms with Crippen LogP contribution in [0.4, 0.5) is 0 Å². The first-order valence-corrected chi connectivity index (χ1v) is 28.9. The zero-order valence-electron chi connectivity index (χ0n) is 45.5. The quantitative estimate of drug-likeness (QED) is 0.155. The van der Waals surface area contributed by atoms with Crippen molar-refractivity contribution in [3.05, 3.63) is 291 Å². The lowest BCUT2D eigenvalue weighted by molar-refractivity contribution is 0.669. The van der Waals surface area contributed by atoms with Crippen molar-refractivity contribution in [3.63, 3.8) is 0 Å². The molecule has 84 heavy (non-hydrogen) atoms. The maximum Gasteiger partial charge on any atom is 0.143 e. The van der Waals surface area contributed by atoms with E-state index in [4.69, 9.17) is 8.83 Å². The van der Waals surface area contributed by atoms with Crippen LogP contribution in [-0.2, 0) is 0 Å². The van der Waals surface area contributed by atoms with Gasteiger partial charge in [-0.25, -0.2) is 0 Å². The average molecular weight is 1070 g/mol.